The van der Waals surface area contributed by atoms with Gasteiger partial charge in [0.15, 0.2) is 5.65 Å². The molecule has 1 aliphatic carbocycles. The fraction of sp³-hybridized carbons (Fsp3) is 0.409. The molecule has 0 radical (unpaired) electrons. The summed E-state index contributed by atoms with van der Waals surface area (Å²) in [5, 5.41) is 22.1. The van der Waals surface area contributed by atoms with Crippen LogP contribution in [0.3, 0.4) is 0 Å². The molecular weight excluding hydrogens is 529 g/mol. The Labute approximate surface area is 241 Å². The number of carbonyl (C=O) groups excluding carboxylic acids is 4. The second-order valence-corrected chi connectivity index (χ2v) is 10.9. The molecule has 0 aromatic carbocycles. The first-order chi connectivity index (χ1) is 17.4. The van der Waals surface area contributed by atoms with E-state index in [1.807, 2.05) is 4.90 Å². The van der Waals surface area contributed by atoms with Crippen LogP contribution in [-0.4, -0.2) is 89.2 Å². The Kier molecular flexibility index (Phi) is 7.38. The number of amides is 3. The van der Waals surface area contributed by atoms with Crippen LogP contribution in [0.4, 0.5) is 0 Å². The number of β-lactam (4-membered cyclic amide) rings is 1. The topological polar surface area (TPSA) is 164 Å². The number of carboxylic acid groups (broad SMARTS) is 1. The molecule has 0 spiro atoms. The van der Waals surface area contributed by atoms with E-state index in [0.717, 1.165) is 17.7 Å². The van der Waals surface area contributed by atoms with E-state index in [0.29, 0.717) is 52.0 Å². The van der Waals surface area contributed by atoms with Gasteiger partial charge in [0.05, 0.1) is 29.0 Å². The van der Waals surface area contributed by atoms with Gasteiger partial charge in [0.1, 0.15) is 22.8 Å². The summed E-state index contributed by atoms with van der Waals surface area (Å²) >= 11 is 2.54. The van der Waals surface area contributed by atoms with Crippen LogP contribution < -0.4 is 40.0 Å². The van der Waals surface area contributed by atoms with E-state index in [9.17, 15) is 24.3 Å². The van der Waals surface area contributed by atoms with E-state index < -0.39 is 23.3 Å². The molecule has 186 valence electrons. The smallest absolute Gasteiger partial charge is 0.543 e. The van der Waals surface area contributed by atoms with Crippen molar-refractivity contribution in [2.45, 2.75) is 41.7 Å². The molecule has 37 heavy (non-hydrogen) atoms. The number of hydrogen-bond donors (Lipinski definition) is 2. The fourth-order valence-corrected chi connectivity index (χ4v) is 6.75. The third kappa shape index (κ3) is 4.80. The molecule has 5 heterocycles. The molecule has 0 unspecified atom stereocenters. The van der Waals surface area contributed by atoms with Crippen LogP contribution in [0.15, 0.2) is 40.5 Å². The minimum atomic E-state index is -1.47. The van der Waals surface area contributed by atoms with E-state index in [1.54, 1.807) is 12.3 Å². The number of carbonyl (C=O) groups is 4. The summed E-state index contributed by atoms with van der Waals surface area (Å²) in [4.78, 5) is 61.4. The van der Waals surface area contributed by atoms with Crippen LogP contribution >= 0.6 is 23.5 Å². The molecular formula is C22H20N7NaO5S2. The number of aliphatic carboxylic acids is 1. The van der Waals surface area contributed by atoms with Crippen molar-refractivity contribution in [3.63, 3.8) is 0 Å². The van der Waals surface area contributed by atoms with Crippen molar-refractivity contribution in [2.75, 3.05) is 18.1 Å². The van der Waals surface area contributed by atoms with E-state index in [-0.39, 0.29) is 52.8 Å². The molecule has 1 saturated carbocycles. The van der Waals surface area contributed by atoms with Gasteiger partial charge in [0, 0.05) is 23.9 Å². The molecule has 2 N–H and O–H groups in total. The average molecular weight is 550 g/mol. The Hall–Kier alpha value is -2.39. The molecule has 2 aromatic rings. The molecule has 3 aliphatic heterocycles. The van der Waals surface area contributed by atoms with E-state index in [2.05, 4.69) is 25.5 Å². The van der Waals surface area contributed by atoms with Gasteiger partial charge >= 0.3 is 29.6 Å². The van der Waals surface area contributed by atoms with Crippen LogP contribution in [0.25, 0.3) is 11.0 Å². The normalized spacial score (nSPS) is 24.3. The maximum Gasteiger partial charge on any atom is 1.00 e. The Morgan fingerprint density at radius 2 is 2.11 bits per heavy atom. The summed E-state index contributed by atoms with van der Waals surface area (Å²) in [5.74, 6) is -2.13. The number of carboxylic acids is 1. The molecule has 2 atom stereocenters. The van der Waals surface area contributed by atoms with Gasteiger partial charge < -0.3 is 20.1 Å². The number of thioether (sulfide) groups is 2. The number of fused-ring (bicyclic) bond motifs is 2. The first-order valence-corrected chi connectivity index (χ1v) is 13.4. The summed E-state index contributed by atoms with van der Waals surface area (Å²) < 4.78 is 0. The predicted molar refractivity (Wildman–Crippen MR) is 127 cm³/mol. The van der Waals surface area contributed by atoms with Crippen LogP contribution in [0.2, 0.25) is 0 Å². The summed E-state index contributed by atoms with van der Waals surface area (Å²) in [6, 6.07) is -0.549. The second kappa shape index (κ2) is 10.4. The second-order valence-electron chi connectivity index (χ2n) is 8.87. The zero-order valence-corrected chi connectivity index (χ0v) is 23.4. The van der Waals surface area contributed by atoms with Gasteiger partial charge in [-0.3, -0.25) is 24.4 Å². The predicted octanol–water partition coefficient (Wildman–Crippen LogP) is -3.83. The molecule has 3 fully saturated rings. The molecule has 2 saturated heterocycles. The van der Waals surface area contributed by atoms with E-state index in [1.165, 1.54) is 29.9 Å². The van der Waals surface area contributed by atoms with Gasteiger partial charge in [-0.15, -0.1) is 11.8 Å². The summed E-state index contributed by atoms with van der Waals surface area (Å²) in [6.45, 7) is 0.634. The van der Waals surface area contributed by atoms with Gasteiger partial charge in [0.25, 0.3) is 5.91 Å². The van der Waals surface area contributed by atoms with Gasteiger partial charge in [-0.1, -0.05) is 11.8 Å². The number of hydrogen-bond acceptors (Lipinski definition) is 10. The van der Waals surface area contributed by atoms with Crippen LogP contribution in [0.5, 0.6) is 0 Å². The van der Waals surface area contributed by atoms with Gasteiger partial charge in [-0.25, -0.2) is 9.97 Å². The number of aromatic nitrogens is 4. The number of nitrogens with zero attached hydrogens (tertiary/aromatic N) is 5. The maximum atomic E-state index is 12.9. The van der Waals surface area contributed by atoms with Crippen molar-refractivity contribution in [1.82, 2.24) is 35.3 Å². The Morgan fingerprint density at radius 3 is 2.86 bits per heavy atom. The molecule has 0 bridgehead atoms. The van der Waals surface area contributed by atoms with Crippen molar-refractivity contribution < 1.29 is 53.8 Å². The number of nitrogens with one attached hydrogen (secondary N) is 2. The Morgan fingerprint density at radius 1 is 1.30 bits per heavy atom. The number of allylic oxidation sites excluding steroid dienone is 1. The average Bonchev–Trinajstić information content (AvgIpc) is 3.48. The minimum absolute atomic E-state index is 0. The van der Waals surface area contributed by atoms with Gasteiger partial charge in [0.2, 0.25) is 11.8 Å². The summed E-state index contributed by atoms with van der Waals surface area (Å²) in [7, 11) is 0. The summed E-state index contributed by atoms with van der Waals surface area (Å²) in [5.41, 5.74) is 1.28. The van der Waals surface area contributed by atoms with Crippen LogP contribution in [0, 0.1) is 0 Å². The maximum absolute atomic E-state index is 12.9. The SMILES string of the molecule is O=C(CSc1ncnc2[nH]ncc12)N[C@@H]1C(=O)N2C(C(=O)[O-])=C(/C=C3\CCN(C4CC4)C3=O)CS[C@H]12.[Na+]. The van der Waals surface area contributed by atoms with Gasteiger partial charge in [-0.05, 0) is 30.9 Å². The first-order valence-electron chi connectivity index (χ1n) is 11.4. The Balaban J connectivity index is 0.00000280. The standard InChI is InChI=1S/C22H21N7O5S2.Na/c30-14(8-35-18-13-6-25-27-17(13)23-9-24-18)26-15-20(32)29-16(22(33)34)11(7-36-21(15)29)5-10-3-4-28(19(10)31)12-1-2-12;/h5-6,9,12,15,21H,1-4,7-8H2,(H,26,30)(H,33,34)(H,23,24,25,27);/q;+1/p-1/b10-5+;/t15-,21-;/m1./s1. The number of likely N-dealkylation sites (tertiary alicyclic amines) is 1. The number of H-pyrrole nitrogens is 1. The van der Waals surface area contributed by atoms with Gasteiger partial charge in [-0.2, -0.15) is 5.10 Å². The zero-order chi connectivity index (χ0) is 25.0. The number of aromatic amines is 1. The number of rotatable bonds is 7. The zero-order valence-electron chi connectivity index (χ0n) is 19.8. The molecule has 6 rings (SSSR count). The minimum Gasteiger partial charge on any atom is -0.543 e. The van der Waals surface area contributed by atoms with Crippen LogP contribution in [0.1, 0.15) is 19.3 Å². The fourth-order valence-electron chi connectivity index (χ4n) is 4.66. The third-order valence-electron chi connectivity index (χ3n) is 6.55. The molecule has 12 nitrogen and oxygen atoms in total. The Bertz CT molecular complexity index is 1370. The molecule has 15 heteroatoms. The molecule has 4 aliphatic rings. The van der Waals surface area contributed by atoms with Crippen molar-refractivity contribution in [1.29, 1.82) is 0 Å². The monoisotopic (exact) mass is 549 g/mol. The largest absolute Gasteiger partial charge is 1.00 e. The van der Waals surface area contributed by atoms with Crippen molar-refractivity contribution in [3.05, 3.63) is 35.4 Å². The third-order valence-corrected chi connectivity index (χ3v) is 8.86. The van der Waals surface area contributed by atoms with Crippen molar-refractivity contribution >= 4 is 58.2 Å². The van der Waals surface area contributed by atoms with Crippen molar-refractivity contribution in [2.24, 2.45) is 0 Å². The molecule has 3 amide bonds. The van der Waals surface area contributed by atoms with Crippen molar-refractivity contribution in [3.8, 4) is 0 Å². The van der Waals surface area contributed by atoms with E-state index >= 15 is 0 Å². The van der Waals surface area contributed by atoms with E-state index in [4.69, 9.17) is 0 Å². The first kappa shape index (κ1) is 26.2. The quantitative estimate of drug-likeness (QED) is 0.115. The molecule has 2 aromatic heterocycles. The van der Waals surface area contributed by atoms with Crippen LogP contribution in [-0.2, 0) is 19.2 Å². The summed E-state index contributed by atoms with van der Waals surface area (Å²) in [6.07, 6.45) is 7.11.